The van der Waals surface area contributed by atoms with Crippen LogP contribution in [-0.2, 0) is 6.42 Å². The SMILES string of the molecule is [2H]c1c([2H])c([2H])c2c(-c3ccc(-c4ccc5c(c4)oc4ccccc45)cc3)c3c([2H])c([2H])c([2H])c([2H])c3c(Cc3cccc4ccccc34)c2c1[2H]. The number of hydrogen-bond donors (Lipinski definition) is 0. The van der Waals surface area contributed by atoms with Gasteiger partial charge in [0.05, 0.1) is 11.0 Å². The molecule has 1 aromatic heterocycles. The summed E-state index contributed by atoms with van der Waals surface area (Å²) in [5, 5.41) is 4.92. The Balaban J connectivity index is 1.34. The highest BCUT2D eigenvalue weighted by Gasteiger charge is 2.16. The first-order valence-corrected chi connectivity index (χ1v) is 14.6. The Hall–Kier alpha value is -5.66. The average molecular weight is 569 g/mol. The molecule has 1 heteroatoms. The molecule has 206 valence electrons. The van der Waals surface area contributed by atoms with Gasteiger partial charge in [-0.15, -0.1) is 0 Å². The first-order chi connectivity index (χ1) is 25.1. The van der Waals surface area contributed by atoms with Gasteiger partial charge in [-0.1, -0.05) is 139 Å². The third kappa shape index (κ3) is 3.94. The summed E-state index contributed by atoms with van der Waals surface area (Å²) in [5.41, 5.74) is 5.58. The Labute approximate surface area is 266 Å². The summed E-state index contributed by atoms with van der Waals surface area (Å²) in [6.07, 6.45) is 0.183. The second-order valence-corrected chi connectivity index (χ2v) is 11.1. The van der Waals surface area contributed by atoms with E-state index in [9.17, 15) is 5.48 Å². The van der Waals surface area contributed by atoms with Crippen LogP contribution in [0.2, 0.25) is 0 Å². The fourth-order valence-electron chi connectivity index (χ4n) is 6.54. The van der Waals surface area contributed by atoms with Gasteiger partial charge in [0.2, 0.25) is 0 Å². The predicted molar refractivity (Wildman–Crippen MR) is 186 cm³/mol. The highest BCUT2D eigenvalue weighted by molar-refractivity contribution is 6.15. The molecule has 0 aliphatic rings. The largest absolute Gasteiger partial charge is 0.456 e. The van der Waals surface area contributed by atoms with Crippen molar-refractivity contribution < 1.29 is 15.4 Å². The van der Waals surface area contributed by atoms with Crippen molar-refractivity contribution in [3.8, 4) is 22.3 Å². The van der Waals surface area contributed by atoms with E-state index in [2.05, 4.69) is 0 Å². The molecule has 44 heavy (non-hydrogen) atoms. The van der Waals surface area contributed by atoms with Crippen LogP contribution in [0.25, 0.3) is 76.5 Å². The van der Waals surface area contributed by atoms with Gasteiger partial charge in [-0.3, -0.25) is 0 Å². The Morgan fingerprint density at radius 2 is 1.05 bits per heavy atom. The van der Waals surface area contributed by atoms with Crippen molar-refractivity contribution in [2.24, 2.45) is 0 Å². The first kappa shape index (κ1) is 18.1. The fourth-order valence-corrected chi connectivity index (χ4v) is 6.54. The molecular formula is C43H28O. The highest BCUT2D eigenvalue weighted by Crippen LogP contribution is 2.41. The summed E-state index contributed by atoms with van der Waals surface area (Å²) in [7, 11) is 0. The fraction of sp³-hybridized carbons (Fsp3) is 0.0233. The summed E-state index contributed by atoms with van der Waals surface area (Å²) >= 11 is 0. The third-order valence-electron chi connectivity index (χ3n) is 8.61. The maximum Gasteiger partial charge on any atom is 0.136 e. The second-order valence-electron chi connectivity index (χ2n) is 11.1. The van der Waals surface area contributed by atoms with E-state index < -0.39 is 24.2 Å². The van der Waals surface area contributed by atoms with E-state index >= 15 is 0 Å². The molecule has 0 saturated heterocycles. The van der Waals surface area contributed by atoms with E-state index in [1.165, 1.54) is 0 Å². The molecule has 0 radical (unpaired) electrons. The van der Waals surface area contributed by atoms with Crippen LogP contribution in [0, 0.1) is 0 Å². The lowest BCUT2D eigenvalue weighted by molar-refractivity contribution is 0.669. The Morgan fingerprint density at radius 1 is 0.455 bits per heavy atom. The van der Waals surface area contributed by atoms with Gasteiger partial charge in [0.1, 0.15) is 11.2 Å². The Kier molecular flexibility index (Phi) is 4.10. The minimum atomic E-state index is -0.411. The summed E-state index contributed by atoms with van der Waals surface area (Å²) in [6, 6.07) is 32.5. The van der Waals surface area contributed by atoms with Crippen LogP contribution >= 0.6 is 0 Å². The zero-order valence-corrected chi connectivity index (χ0v) is 23.5. The van der Waals surface area contributed by atoms with Crippen LogP contribution in [0.5, 0.6) is 0 Å². The van der Waals surface area contributed by atoms with Gasteiger partial charge in [0.15, 0.2) is 0 Å². The lowest BCUT2D eigenvalue weighted by atomic mass is 9.85. The molecular weight excluding hydrogens is 532 g/mol. The molecule has 0 fully saturated rings. The smallest absolute Gasteiger partial charge is 0.136 e. The minimum absolute atomic E-state index is 0.183. The zero-order chi connectivity index (χ0) is 36.0. The van der Waals surface area contributed by atoms with Gasteiger partial charge in [-0.25, -0.2) is 0 Å². The van der Waals surface area contributed by atoms with Crippen molar-refractivity contribution in [3.05, 3.63) is 169 Å². The number of fused-ring (bicyclic) bond motifs is 6. The van der Waals surface area contributed by atoms with Gasteiger partial charge in [0.25, 0.3) is 0 Å². The molecule has 0 aliphatic carbocycles. The van der Waals surface area contributed by atoms with Crippen molar-refractivity contribution in [2.45, 2.75) is 6.42 Å². The molecule has 0 saturated carbocycles. The molecule has 0 spiro atoms. The standard InChI is InChI=1S/C43H28O/c1-2-13-33-29(10-1)11-9-12-32(33)26-40-34-14-3-5-17-38(34)43(39-18-6-4-15-35(39)40)30-22-20-28(21-23-30)31-24-25-37-36-16-7-8-19-41(36)44-42(37)27-31/h1-25,27H,26H2/i3D,4D,5D,6D,14D,15D,17D,18D. The third-order valence-corrected chi connectivity index (χ3v) is 8.61. The molecule has 0 unspecified atom stereocenters. The monoisotopic (exact) mass is 568 g/mol. The van der Waals surface area contributed by atoms with E-state index in [1.54, 1.807) is 0 Å². The molecule has 0 atom stereocenters. The van der Waals surface area contributed by atoms with Crippen molar-refractivity contribution in [3.63, 3.8) is 0 Å². The Morgan fingerprint density at radius 3 is 1.82 bits per heavy atom. The quantitative estimate of drug-likeness (QED) is 0.192. The predicted octanol–water partition coefficient (Wildman–Crippen LogP) is 12.0. The second kappa shape index (κ2) is 9.97. The molecule has 0 N–H and O–H groups in total. The molecule has 1 heterocycles. The number of para-hydroxylation sites is 1. The molecule has 8 aromatic carbocycles. The van der Waals surface area contributed by atoms with E-state index in [4.69, 9.17) is 9.90 Å². The topological polar surface area (TPSA) is 13.1 Å². The average Bonchev–Trinajstić information content (AvgIpc) is 3.55. The van der Waals surface area contributed by atoms with Gasteiger partial charge < -0.3 is 4.42 Å². The highest BCUT2D eigenvalue weighted by atomic mass is 16.3. The molecule has 0 bridgehead atoms. The summed E-state index contributed by atoms with van der Waals surface area (Å²) in [6.45, 7) is 0. The number of hydrogen-bond acceptors (Lipinski definition) is 1. The molecule has 0 amide bonds. The van der Waals surface area contributed by atoms with Crippen molar-refractivity contribution in [1.82, 2.24) is 0 Å². The maximum atomic E-state index is 9.22. The zero-order valence-electron chi connectivity index (χ0n) is 31.5. The van der Waals surface area contributed by atoms with E-state index in [0.717, 1.165) is 49.4 Å². The van der Waals surface area contributed by atoms with Crippen LogP contribution in [0.1, 0.15) is 22.1 Å². The van der Waals surface area contributed by atoms with Crippen LogP contribution in [0.3, 0.4) is 0 Å². The summed E-state index contributed by atoms with van der Waals surface area (Å²) in [4.78, 5) is 0. The number of rotatable bonds is 4. The van der Waals surface area contributed by atoms with Crippen LogP contribution in [0.15, 0.2) is 162 Å². The lowest BCUT2D eigenvalue weighted by Gasteiger charge is -2.18. The van der Waals surface area contributed by atoms with Gasteiger partial charge in [0, 0.05) is 10.8 Å². The van der Waals surface area contributed by atoms with Crippen molar-refractivity contribution in [2.75, 3.05) is 0 Å². The molecule has 1 nitrogen and oxygen atoms in total. The number of benzene rings is 8. The van der Waals surface area contributed by atoms with Gasteiger partial charge >= 0.3 is 0 Å². The van der Waals surface area contributed by atoms with Crippen LogP contribution in [0.4, 0.5) is 0 Å². The van der Waals surface area contributed by atoms with E-state index in [0.29, 0.717) is 16.7 Å². The molecule has 9 aromatic rings. The Bertz CT molecular complexity index is 2880. The normalized spacial score (nSPS) is 14.3. The minimum Gasteiger partial charge on any atom is -0.456 e. The molecule has 9 rings (SSSR count). The summed E-state index contributed by atoms with van der Waals surface area (Å²) in [5.74, 6) is 0. The lowest BCUT2D eigenvalue weighted by Crippen LogP contribution is -1.96. The van der Waals surface area contributed by atoms with Gasteiger partial charge in [-0.05, 0) is 90.3 Å². The first-order valence-electron chi connectivity index (χ1n) is 18.6. The van der Waals surface area contributed by atoms with E-state index in [1.807, 2.05) is 109 Å². The number of furan rings is 1. The van der Waals surface area contributed by atoms with Crippen molar-refractivity contribution >= 4 is 54.3 Å². The molecule has 0 aliphatic heterocycles. The van der Waals surface area contributed by atoms with Crippen molar-refractivity contribution in [1.29, 1.82) is 0 Å². The van der Waals surface area contributed by atoms with Crippen LogP contribution < -0.4 is 0 Å². The van der Waals surface area contributed by atoms with E-state index in [-0.39, 0.29) is 52.1 Å². The van der Waals surface area contributed by atoms with Crippen LogP contribution in [-0.4, -0.2) is 0 Å². The maximum absolute atomic E-state index is 9.22. The van der Waals surface area contributed by atoms with Gasteiger partial charge in [-0.2, -0.15) is 0 Å². The summed E-state index contributed by atoms with van der Waals surface area (Å²) < 4.78 is 77.8.